The lowest BCUT2D eigenvalue weighted by molar-refractivity contribution is 0.259. The molecule has 0 aromatic heterocycles. The molecular formula is C16H16BrNOS. The fourth-order valence-electron chi connectivity index (χ4n) is 2.33. The Morgan fingerprint density at radius 3 is 3.00 bits per heavy atom. The number of thioether (sulfide) groups is 1. The van der Waals surface area contributed by atoms with Crippen molar-refractivity contribution in [3.05, 3.63) is 52.0 Å². The first-order chi connectivity index (χ1) is 9.61. The standard InChI is InChI=1S/C16H16BrNOS/c1-10-2-4-14(18)16(6-10)20-9-13-8-11-7-12(17)3-5-15(11)19-13/h2-7,13H,8-9,18H2,1H3. The van der Waals surface area contributed by atoms with Gasteiger partial charge in [-0.15, -0.1) is 11.8 Å². The summed E-state index contributed by atoms with van der Waals surface area (Å²) in [4.78, 5) is 1.14. The highest BCUT2D eigenvalue weighted by Crippen LogP contribution is 2.34. The monoisotopic (exact) mass is 349 g/mol. The summed E-state index contributed by atoms with van der Waals surface area (Å²) in [6.07, 6.45) is 1.19. The van der Waals surface area contributed by atoms with Crippen LogP contribution in [0.4, 0.5) is 5.69 Å². The molecule has 2 nitrogen and oxygen atoms in total. The molecule has 0 amide bonds. The second kappa shape index (κ2) is 5.70. The third-order valence-electron chi connectivity index (χ3n) is 3.36. The number of hydrogen-bond acceptors (Lipinski definition) is 3. The average molecular weight is 350 g/mol. The molecule has 4 heteroatoms. The van der Waals surface area contributed by atoms with Crippen molar-refractivity contribution in [1.82, 2.24) is 0 Å². The maximum Gasteiger partial charge on any atom is 0.123 e. The van der Waals surface area contributed by atoms with Crippen molar-refractivity contribution >= 4 is 33.4 Å². The first-order valence-corrected chi connectivity index (χ1v) is 8.33. The first kappa shape index (κ1) is 13.8. The Labute approximate surface area is 131 Å². The van der Waals surface area contributed by atoms with E-state index in [1.165, 1.54) is 11.1 Å². The van der Waals surface area contributed by atoms with E-state index in [0.29, 0.717) is 0 Å². The Morgan fingerprint density at radius 2 is 2.15 bits per heavy atom. The quantitative estimate of drug-likeness (QED) is 0.657. The molecule has 1 aliphatic rings. The molecule has 20 heavy (non-hydrogen) atoms. The smallest absolute Gasteiger partial charge is 0.123 e. The zero-order valence-corrected chi connectivity index (χ0v) is 13.6. The summed E-state index contributed by atoms with van der Waals surface area (Å²) in [5.74, 6) is 1.93. The summed E-state index contributed by atoms with van der Waals surface area (Å²) in [5.41, 5.74) is 9.37. The number of ether oxygens (including phenoxy) is 1. The fourth-order valence-corrected chi connectivity index (χ4v) is 3.80. The molecule has 1 atom stereocenters. The van der Waals surface area contributed by atoms with Crippen molar-refractivity contribution in [2.45, 2.75) is 24.3 Å². The molecule has 0 saturated carbocycles. The van der Waals surface area contributed by atoms with E-state index in [0.717, 1.165) is 33.0 Å². The van der Waals surface area contributed by atoms with Crippen LogP contribution >= 0.6 is 27.7 Å². The van der Waals surface area contributed by atoms with Crippen LogP contribution in [0.1, 0.15) is 11.1 Å². The Morgan fingerprint density at radius 1 is 1.30 bits per heavy atom. The molecule has 2 N–H and O–H groups in total. The number of rotatable bonds is 3. The third-order valence-corrected chi connectivity index (χ3v) is 5.05. The second-order valence-electron chi connectivity index (χ2n) is 5.05. The number of benzene rings is 2. The van der Waals surface area contributed by atoms with E-state index >= 15 is 0 Å². The van der Waals surface area contributed by atoms with Gasteiger partial charge in [-0.3, -0.25) is 0 Å². The van der Waals surface area contributed by atoms with Gasteiger partial charge in [0.15, 0.2) is 0 Å². The van der Waals surface area contributed by atoms with Gasteiger partial charge < -0.3 is 10.5 Å². The van der Waals surface area contributed by atoms with Crippen LogP contribution in [0, 0.1) is 6.92 Å². The molecule has 1 unspecified atom stereocenters. The van der Waals surface area contributed by atoms with E-state index in [1.54, 1.807) is 11.8 Å². The number of aryl methyl sites for hydroxylation is 1. The number of hydrogen-bond donors (Lipinski definition) is 1. The number of fused-ring (bicyclic) bond motifs is 1. The lowest BCUT2D eigenvalue weighted by Crippen LogP contribution is -2.15. The van der Waals surface area contributed by atoms with Gasteiger partial charge in [-0.25, -0.2) is 0 Å². The fraction of sp³-hybridized carbons (Fsp3) is 0.250. The van der Waals surface area contributed by atoms with E-state index in [1.807, 2.05) is 24.3 Å². The predicted molar refractivity (Wildman–Crippen MR) is 88.6 cm³/mol. The molecular weight excluding hydrogens is 334 g/mol. The second-order valence-corrected chi connectivity index (χ2v) is 7.03. The average Bonchev–Trinajstić information content (AvgIpc) is 2.81. The Balaban J connectivity index is 1.65. The van der Waals surface area contributed by atoms with Crippen LogP contribution in [-0.4, -0.2) is 11.9 Å². The van der Waals surface area contributed by atoms with Gasteiger partial charge in [-0.05, 0) is 48.4 Å². The van der Waals surface area contributed by atoms with Crippen LogP contribution < -0.4 is 10.5 Å². The van der Waals surface area contributed by atoms with E-state index in [9.17, 15) is 0 Å². The summed E-state index contributed by atoms with van der Waals surface area (Å²) in [6.45, 7) is 2.09. The van der Waals surface area contributed by atoms with Crippen LogP contribution in [0.25, 0.3) is 0 Å². The van der Waals surface area contributed by atoms with Gasteiger partial charge in [0, 0.05) is 27.2 Å². The lowest BCUT2D eigenvalue weighted by Gasteiger charge is -2.11. The van der Waals surface area contributed by atoms with Crippen molar-refractivity contribution in [2.75, 3.05) is 11.5 Å². The summed E-state index contributed by atoms with van der Waals surface area (Å²) >= 11 is 5.27. The van der Waals surface area contributed by atoms with Crippen LogP contribution in [0.2, 0.25) is 0 Å². The van der Waals surface area contributed by atoms with Crippen molar-refractivity contribution < 1.29 is 4.74 Å². The third kappa shape index (κ3) is 2.96. The minimum absolute atomic E-state index is 0.226. The van der Waals surface area contributed by atoms with Gasteiger partial charge in [-0.2, -0.15) is 0 Å². The molecule has 0 bridgehead atoms. The van der Waals surface area contributed by atoms with Crippen molar-refractivity contribution in [1.29, 1.82) is 0 Å². The highest BCUT2D eigenvalue weighted by molar-refractivity contribution is 9.10. The van der Waals surface area contributed by atoms with Crippen LogP contribution in [-0.2, 0) is 6.42 Å². The zero-order valence-electron chi connectivity index (χ0n) is 11.2. The van der Waals surface area contributed by atoms with Gasteiger partial charge in [0.25, 0.3) is 0 Å². The Kier molecular flexibility index (Phi) is 3.94. The van der Waals surface area contributed by atoms with Gasteiger partial charge in [-0.1, -0.05) is 22.0 Å². The maximum absolute atomic E-state index is 6.01. The highest BCUT2D eigenvalue weighted by Gasteiger charge is 2.23. The van der Waals surface area contributed by atoms with Gasteiger partial charge in [0.05, 0.1) is 0 Å². The molecule has 0 aliphatic carbocycles. The molecule has 1 heterocycles. The summed E-state index contributed by atoms with van der Waals surface area (Å²) in [6, 6.07) is 12.3. The maximum atomic E-state index is 6.01. The molecule has 0 spiro atoms. The molecule has 0 radical (unpaired) electrons. The molecule has 0 saturated heterocycles. The number of nitrogen functional groups attached to an aromatic ring is 1. The van der Waals surface area contributed by atoms with Gasteiger partial charge in [0.1, 0.15) is 11.9 Å². The molecule has 104 valence electrons. The van der Waals surface area contributed by atoms with Crippen molar-refractivity contribution in [3.63, 3.8) is 0 Å². The zero-order chi connectivity index (χ0) is 14.1. The minimum Gasteiger partial charge on any atom is -0.489 e. The minimum atomic E-state index is 0.226. The normalized spacial score (nSPS) is 16.8. The molecule has 2 aromatic carbocycles. The van der Waals surface area contributed by atoms with Crippen LogP contribution in [0.5, 0.6) is 5.75 Å². The Hall–Kier alpha value is -1.13. The molecule has 2 aromatic rings. The topological polar surface area (TPSA) is 35.2 Å². The molecule has 1 aliphatic heterocycles. The molecule has 3 rings (SSSR count). The summed E-state index contributed by atoms with van der Waals surface area (Å²) in [5, 5.41) is 0. The predicted octanol–water partition coefficient (Wildman–Crippen LogP) is 4.44. The molecule has 0 fully saturated rings. The summed E-state index contributed by atoms with van der Waals surface area (Å²) < 4.78 is 7.08. The SMILES string of the molecule is Cc1ccc(N)c(SCC2Cc3cc(Br)ccc3O2)c1. The number of anilines is 1. The summed E-state index contributed by atoms with van der Waals surface area (Å²) in [7, 11) is 0. The van der Waals surface area contributed by atoms with E-state index in [-0.39, 0.29) is 6.10 Å². The van der Waals surface area contributed by atoms with Crippen molar-refractivity contribution in [3.8, 4) is 5.75 Å². The van der Waals surface area contributed by atoms with E-state index in [4.69, 9.17) is 10.5 Å². The highest BCUT2D eigenvalue weighted by atomic mass is 79.9. The van der Waals surface area contributed by atoms with E-state index < -0.39 is 0 Å². The van der Waals surface area contributed by atoms with Gasteiger partial charge >= 0.3 is 0 Å². The van der Waals surface area contributed by atoms with Crippen LogP contribution in [0.15, 0.2) is 45.8 Å². The van der Waals surface area contributed by atoms with Crippen molar-refractivity contribution in [2.24, 2.45) is 0 Å². The van der Waals surface area contributed by atoms with Crippen LogP contribution in [0.3, 0.4) is 0 Å². The largest absolute Gasteiger partial charge is 0.489 e. The first-order valence-electron chi connectivity index (χ1n) is 6.56. The van der Waals surface area contributed by atoms with E-state index in [2.05, 4.69) is 35.0 Å². The number of nitrogens with two attached hydrogens (primary N) is 1. The number of halogens is 1. The Bertz CT molecular complexity index is 644. The van der Waals surface area contributed by atoms with Gasteiger partial charge in [0.2, 0.25) is 0 Å². The lowest BCUT2D eigenvalue weighted by atomic mass is 10.1.